The molecule has 1 heterocycles. The third-order valence-corrected chi connectivity index (χ3v) is 8.24. The Labute approximate surface area is 193 Å². The highest BCUT2D eigenvalue weighted by Crippen LogP contribution is 2.51. The lowest BCUT2D eigenvalue weighted by molar-refractivity contribution is -0.117. The molecular formula is C28H38O4. The zero-order chi connectivity index (χ0) is 22.9. The normalized spacial score (nSPS) is 34.7. The van der Waals surface area contributed by atoms with Gasteiger partial charge in [-0.2, -0.15) is 0 Å². The second kappa shape index (κ2) is 9.15. The topological polar surface area (TPSA) is 48.1 Å². The number of carbonyl (C=O) groups is 1. The van der Waals surface area contributed by atoms with Gasteiger partial charge in [0.2, 0.25) is 0 Å². The van der Waals surface area contributed by atoms with Crippen LogP contribution in [0.2, 0.25) is 0 Å². The summed E-state index contributed by atoms with van der Waals surface area (Å²) in [7, 11) is 1.67. The van der Waals surface area contributed by atoms with Crippen LogP contribution in [-0.4, -0.2) is 31.2 Å². The van der Waals surface area contributed by atoms with Gasteiger partial charge in [-0.3, -0.25) is 4.79 Å². The van der Waals surface area contributed by atoms with Crippen LogP contribution in [0.15, 0.2) is 47.1 Å². The van der Waals surface area contributed by atoms with Crippen LogP contribution in [0.3, 0.4) is 0 Å². The van der Waals surface area contributed by atoms with Gasteiger partial charge in [-0.1, -0.05) is 37.6 Å². The van der Waals surface area contributed by atoms with Crippen LogP contribution in [0.1, 0.15) is 71.8 Å². The molecule has 3 aliphatic rings. The van der Waals surface area contributed by atoms with E-state index in [1.54, 1.807) is 7.11 Å². The molecule has 1 aromatic rings. The molecule has 4 heteroatoms. The van der Waals surface area contributed by atoms with E-state index in [9.17, 15) is 4.79 Å². The van der Waals surface area contributed by atoms with E-state index < -0.39 is 0 Å². The second-order valence-corrected chi connectivity index (χ2v) is 10.4. The van der Waals surface area contributed by atoms with E-state index in [1.807, 2.05) is 24.3 Å². The first-order chi connectivity index (χ1) is 15.3. The van der Waals surface area contributed by atoms with Crippen molar-refractivity contribution in [3.05, 3.63) is 52.6 Å². The van der Waals surface area contributed by atoms with E-state index >= 15 is 0 Å². The third-order valence-electron chi connectivity index (χ3n) is 8.24. The maximum Gasteiger partial charge on any atom is 0.190 e. The molecule has 0 amide bonds. The maximum atomic E-state index is 13.6. The van der Waals surface area contributed by atoms with Crippen LogP contribution in [0, 0.1) is 11.3 Å². The van der Waals surface area contributed by atoms with Crippen molar-refractivity contribution in [2.24, 2.45) is 11.3 Å². The number of methoxy groups -OCH3 is 1. The van der Waals surface area contributed by atoms with E-state index in [0.29, 0.717) is 19.1 Å². The summed E-state index contributed by atoms with van der Waals surface area (Å²) in [6, 6.07) is 7.98. The van der Waals surface area contributed by atoms with Crippen molar-refractivity contribution in [1.29, 1.82) is 0 Å². The predicted octanol–water partition coefficient (Wildman–Crippen LogP) is 6.19. The highest BCUT2D eigenvalue weighted by molar-refractivity contribution is 6.02. The molecule has 0 N–H and O–H groups in total. The lowest BCUT2D eigenvalue weighted by Crippen LogP contribution is -2.37. The van der Waals surface area contributed by atoms with Gasteiger partial charge in [0, 0.05) is 5.57 Å². The van der Waals surface area contributed by atoms with Gasteiger partial charge in [0.25, 0.3) is 0 Å². The van der Waals surface area contributed by atoms with Crippen LogP contribution in [-0.2, 0) is 20.9 Å². The lowest BCUT2D eigenvalue weighted by atomic mass is 9.61. The van der Waals surface area contributed by atoms with Crippen molar-refractivity contribution in [2.45, 2.75) is 84.5 Å². The number of hydrogen-bond donors (Lipinski definition) is 0. The Morgan fingerprint density at radius 3 is 2.56 bits per heavy atom. The van der Waals surface area contributed by atoms with Gasteiger partial charge < -0.3 is 14.2 Å². The Balaban J connectivity index is 1.61. The summed E-state index contributed by atoms with van der Waals surface area (Å²) in [4.78, 5) is 13.6. The fraction of sp³-hybridized carbons (Fsp3) is 0.607. The Morgan fingerprint density at radius 2 is 1.84 bits per heavy atom. The average molecular weight is 439 g/mol. The van der Waals surface area contributed by atoms with Gasteiger partial charge in [-0.05, 0) is 87.0 Å². The highest BCUT2D eigenvalue weighted by atomic mass is 16.6. The molecule has 2 bridgehead atoms. The van der Waals surface area contributed by atoms with Gasteiger partial charge >= 0.3 is 0 Å². The number of carbonyl (C=O) groups excluding carboxylic acids is 1. The third kappa shape index (κ3) is 4.58. The molecule has 174 valence electrons. The predicted molar refractivity (Wildman–Crippen MR) is 127 cm³/mol. The van der Waals surface area contributed by atoms with Crippen LogP contribution in [0.5, 0.6) is 5.75 Å². The first-order valence-electron chi connectivity index (χ1n) is 12.1. The number of Topliss-reactive ketones (excluding diaryl/α,β-unsaturated/α-hetero) is 1. The Morgan fingerprint density at radius 1 is 1.09 bits per heavy atom. The summed E-state index contributed by atoms with van der Waals surface area (Å²) >= 11 is 0. The first-order valence-corrected chi connectivity index (χ1v) is 12.1. The molecule has 32 heavy (non-hydrogen) atoms. The molecule has 0 unspecified atom stereocenters. The largest absolute Gasteiger partial charge is 0.497 e. The number of fused-ring (bicyclic) bond motifs is 2. The van der Waals surface area contributed by atoms with E-state index in [4.69, 9.17) is 14.2 Å². The number of benzene rings is 1. The number of ketones is 1. The number of hydrogen-bond acceptors (Lipinski definition) is 4. The zero-order valence-electron chi connectivity index (χ0n) is 20.3. The van der Waals surface area contributed by atoms with Crippen LogP contribution in [0.25, 0.3) is 0 Å². The summed E-state index contributed by atoms with van der Waals surface area (Å²) in [5, 5.41) is 0. The summed E-state index contributed by atoms with van der Waals surface area (Å²) in [6.45, 7) is 10.0. The van der Waals surface area contributed by atoms with Crippen molar-refractivity contribution in [3.63, 3.8) is 0 Å². The van der Waals surface area contributed by atoms with E-state index in [2.05, 4.69) is 33.8 Å². The molecule has 0 spiro atoms. The van der Waals surface area contributed by atoms with Crippen molar-refractivity contribution in [3.8, 4) is 5.75 Å². The first kappa shape index (κ1) is 23.3. The van der Waals surface area contributed by atoms with Gasteiger partial charge in [-0.15, -0.1) is 0 Å². The minimum atomic E-state index is -0.311. The van der Waals surface area contributed by atoms with Gasteiger partial charge in [0.15, 0.2) is 5.78 Å². The summed E-state index contributed by atoms with van der Waals surface area (Å²) in [5.41, 5.74) is 4.39. The Bertz CT molecular complexity index is 912. The molecule has 0 radical (unpaired) electrons. The van der Waals surface area contributed by atoms with Crippen molar-refractivity contribution in [2.75, 3.05) is 13.7 Å². The quantitative estimate of drug-likeness (QED) is 0.406. The minimum Gasteiger partial charge on any atom is -0.497 e. The summed E-state index contributed by atoms with van der Waals surface area (Å²) in [5.74, 6) is 1.56. The fourth-order valence-electron chi connectivity index (χ4n) is 5.46. The standard InChI is InChI=1S/C28H38O4/c1-19-7-6-15-28(4)26(32-28)25(29)23-13-8-20(2)27(3,16-14-19)24(23)18-31-17-21-9-11-22(30-5)12-10-21/h7,9-12,20,26H,6,8,13-18H2,1-5H3/b19-7+/t20-,26-,27+,28-/m1/s1. The number of rotatable bonds is 5. The Kier molecular flexibility index (Phi) is 6.65. The highest BCUT2D eigenvalue weighted by Gasteiger charge is 2.57. The molecule has 4 atom stereocenters. The lowest BCUT2D eigenvalue weighted by Gasteiger charge is -2.43. The molecule has 2 aliphatic carbocycles. The molecule has 1 aromatic carbocycles. The smallest absolute Gasteiger partial charge is 0.190 e. The molecule has 1 fully saturated rings. The Hall–Kier alpha value is -1.91. The molecule has 0 aromatic heterocycles. The molecular weight excluding hydrogens is 400 g/mol. The van der Waals surface area contributed by atoms with Crippen molar-refractivity contribution >= 4 is 5.78 Å². The van der Waals surface area contributed by atoms with Crippen LogP contribution >= 0.6 is 0 Å². The van der Waals surface area contributed by atoms with Gasteiger partial charge in [0.05, 0.1) is 20.3 Å². The maximum absolute atomic E-state index is 13.6. The summed E-state index contributed by atoms with van der Waals surface area (Å²) in [6.07, 6.45) is 7.94. The molecule has 0 saturated carbocycles. The van der Waals surface area contributed by atoms with Gasteiger partial charge in [-0.25, -0.2) is 0 Å². The van der Waals surface area contributed by atoms with E-state index in [1.165, 1.54) is 11.1 Å². The molecule has 1 saturated heterocycles. The van der Waals surface area contributed by atoms with E-state index in [0.717, 1.165) is 55.4 Å². The number of epoxide rings is 1. The van der Waals surface area contributed by atoms with Crippen LogP contribution < -0.4 is 4.74 Å². The zero-order valence-corrected chi connectivity index (χ0v) is 20.3. The fourth-order valence-corrected chi connectivity index (χ4v) is 5.46. The van der Waals surface area contributed by atoms with Gasteiger partial charge in [0.1, 0.15) is 17.5 Å². The number of ether oxygens (including phenoxy) is 3. The second-order valence-electron chi connectivity index (χ2n) is 10.4. The van der Waals surface area contributed by atoms with E-state index in [-0.39, 0.29) is 22.9 Å². The van der Waals surface area contributed by atoms with Crippen molar-refractivity contribution in [1.82, 2.24) is 0 Å². The monoisotopic (exact) mass is 438 g/mol. The molecule has 1 aliphatic heterocycles. The molecule has 4 rings (SSSR count). The number of allylic oxidation sites excluding steroid dienone is 2. The average Bonchev–Trinajstić information content (AvgIpc) is 3.46. The van der Waals surface area contributed by atoms with Crippen molar-refractivity contribution < 1.29 is 19.0 Å². The minimum absolute atomic E-state index is 0.0389. The molecule has 4 nitrogen and oxygen atoms in total. The SMILES string of the molecule is COc1ccc(COCC2=C3CC[C@@H](C)[C@]2(C)CC/C(C)=C/CC[C@@]2(C)O[C@@H]2C3=O)cc1. The van der Waals surface area contributed by atoms with Crippen LogP contribution in [0.4, 0.5) is 0 Å². The summed E-state index contributed by atoms with van der Waals surface area (Å²) < 4.78 is 17.5.